The number of aryl methyl sites for hydroxylation is 1. The summed E-state index contributed by atoms with van der Waals surface area (Å²) in [6.45, 7) is 6.55. The molecule has 4 heteroatoms. The molecule has 1 saturated heterocycles. The third-order valence-electron chi connectivity index (χ3n) is 2.94. The van der Waals surface area contributed by atoms with Gasteiger partial charge in [-0.1, -0.05) is 0 Å². The van der Waals surface area contributed by atoms with E-state index in [1.807, 2.05) is 0 Å². The summed E-state index contributed by atoms with van der Waals surface area (Å²) in [5.74, 6) is 2.59. The molecule has 90 valence electrons. The highest BCUT2D eigenvalue weighted by atomic mass is 32.2. The van der Waals surface area contributed by atoms with Gasteiger partial charge in [0.2, 0.25) is 0 Å². The largest absolute Gasteiger partial charge is 0.303 e. The molecule has 2 rings (SSSR count). The van der Waals surface area contributed by atoms with Crippen molar-refractivity contribution in [2.45, 2.75) is 45.2 Å². The second-order valence-corrected chi connectivity index (χ2v) is 7.03. The van der Waals surface area contributed by atoms with Gasteiger partial charge in [0.1, 0.15) is 5.01 Å². The van der Waals surface area contributed by atoms with Crippen molar-refractivity contribution in [3.8, 4) is 0 Å². The Balaban J connectivity index is 2.01. The van der Waals surface area contributed by atoms with Gasteiger partial charge in [-0.2, -0.15) is 11.8 Å². The van der Waals surface area contributed by atoms with E-state index in [2.05, 4.69) is 48.2 Å². The Kier molecular flexibility index (Phi) is 3.93. The molecule has 0 bridgehead atoms. The Morgan fingerprint density at radius 2 is 2.06 bits per heavy atom. The van der Waals surface area contributed by atoms with Crippen LogP contribution in [0.25, 0.3) is 0 Å². The number of rotatable bonds is 3. The van der Waals surface area contributed by atoms with Crippen LogP contribution in [0.3, 0.4) is 0 Å². The van der Waals surface area contributed by atoms with Gasteiger partial charge < -0.3 is 5.32 Å². The fourth-order valence-corrected chi connectivity index (χ4v) is 4.05. The number of thiazole rings is 1. The molecular weight excluding hydrogens is 236 g/mol. The predicted molar refractivity (Wildman–Crippen MR) is 73.4 cm³/mol. The maximum atomic E-state index is 4.60. The molecule has 0 spiro atoms. The van der Waals surface area contributed by atoms with Crippen LogP contribution in [0.1, 0.15) is 37.4 Å². The van der Waals surface area contributed by atoms with Crippen LogP contribution in [0.4, 0.5) is 0 Å². The molecule has 1 aromatic rings. The van der Waals surface area contributed by atoms with E-state index in [0.29, 0.717) is 6.04 Å². The highest BCUT2D eigenvalue weighted by Gasteiger charge is 2.27. The number of hydrogen-bond acceptors (Lipinski definition) is 4. The average Bonchev–Trinajstić information content (AvgIpc) is 2.66. The van der Waals surface area contributed by atoms with E-state index in [1.165, 1.54) is 29.4 Å². The van der Waals surface area contributed by atoms with Gasteiger partial charge >= 0.3 is 0 Å². The smallest absolute Gasteiger partial charge is 0.112 e. The summed E-state index contributed by atoms with van der Waals surface area (Å²) in [7, 11) is 0. The second-order valence-electron chi connectivity index (χ2n) is 4.95. The zero-order valence-electron chi connectivity index (χ0n) is 10.2. The third-order valence-corrected chi connectivity index (χ3v) is 5.27. The lowest BCUT2D eigenvalue weighted by atomic mass is 10.0. The summed E-state index contributed by atoms with van der Waals surface area (Å²) in [6, 6.07) is 0.667. The quantitative estimate of drug-likeness (QED) is 0.899. The maximum Gasteiger partial charge on any atom is 0.112 e. The SMILES string of the molecule is Cc1csc(C(C)(C)NC2CCSCC2)n1. The van der Waals surface area contributed by atoms with Crippen LogP contribution in [-0.4, -0.2) is 22.5 Å². The number of nitrogens with one attached hydrogen (secondary N) is 1. The number of aromatic nitrogens is 1. The summed E-state index contributed by atoms with van der Waals surface area (Å²) in [6.07, 6.45) is 2.58. The second kappa shape index (κ2) is 5.07. The van der Waals surface area contributed by atoms with Crippen LogP contribution in [0.2, 0.25) is 0 Å². The van der Waals surface area contributed by atoms with Gasteiger partial charge in [0.05, 0.1) is 5.54 Å². The first-order valence-corrected chi connectivity index (χ1v) is 7.89. The fraction of sp³-hybridized carbons (Fsp3) is 0.750. The minimum Gasteiger partial charge on any atom is -0.303 e. The zero-order valence-corrected chi connectivity index (χ0v) is 11.9. The third kappa shape index (κ3) is 2.99. The topological polar surface area (TPSA) is 24.9 Å². The Morgan fingerprint density at radius 3 is 2.62 bits per heavy atom. The van der Waals surface area contributed by atoms with Crippen molar-refractivity contribution in [3.05, 3.63) is 16.1 Å². The summed E-state index contributed by atoms with van der Waals surface area (Å²) in [5, 5.41) is 7.11. The van der Waals surface area contributed by atoms with E-state index in [-0.39, 0.29) is 5.54 Å². The van der Waals surface area contributed by atoms with Crippen molar-refractivity contribution in [3.63, 3.8) is 0 Å². The highest BCUT2D eigenvalue weighted by molar-refractivity contribution is 7.99. The molecule has 0 aliphatic carbocycles. The Labute approximate surface area is 106 Å². The molecule has 0 atom stereocenters. The van der Waals surface area contributed by atoms with E-state index in [0.717, 1.165) is 5.69 Å². The minimum atomic E-state index is 0.0194. The molecule has 1 aromatic heterocycles. The molecule has 0 saturated carbocycles. The Hall–Kier alpha value is -0.0600. The van der Waals surface area contributed by atoms with Gasteiger partial charge in [0.25, 0.3) is 0 Å². The van der Waals surface area contributed by atoms with Crippen molar-refractivity contribution < 1.29 is 0 Å². The van der Waals surface area contributed by atoms with Crippen LogP contribution in [0.15, 0.2) is 5.38 Å². The van der Waals surface area contributed by atoms with Crippen LogP contribution in [-0.2, 0) is 5.54 Å². The van der Waals surface area contributed by atoms with Gasteiger partial charge in [0, 0.05) is 17.1 Å². The summed E-state index contributed by atoms with van der Waals surface area (Å²) in [4.78, 5) is 4.60. The molecule has 0 unspecified atom stereocenters. The van der Waals surface area contributed by atoms with Crippen molar-refractivity contribution in [1.29, 1.82) is 0 Å². The van der Waals surface area contributed by atoms with Crippen molar-refractivity contribution in [1.82, 2.24) is 10.3 Å². The molecule has 1 fully saturated rings. The molecule has 0 amide bonds. The molecule has 0 radical (unpaired) electrons. The normalized spacial score (nSPS) is 18.9. The standard InChI is InChI=1S/C12H20N2S2/c1-9-8-16-11(13-9)12(2,3)14-10-4-6-15-7-5-10/h8,10,14H,4-7H2,1-3H3. The summed E-state index contributed by atoms with van der Waals surface area (Å²) >= 11 is 3.84. The molecular formula is C12H20N2S2. The lowest BCUT2D eigenvalue weighted by molar-refractivity contribution is 0.326. The Morgan fingerprint density at radius 1 is 1.38 bits per heavy atom. The van der Waals surface area contributed by atoms with Gasteiger partial charge in [-0.25, -0.2) is 4.98 Å². The van der Waals surface area contributed by atoms with E-state index in [4.69, 9.17) is 0 Å². The summed E-state index contributed by atoms with van der Waals surface area (Å²) in [5.41, 5.74) is 1.15. The average molecular weight is 256 g/mol. The van der Waals surface area contributed by atoms with Crippen LogP contribution < -0.4 is 5.32 Å². The highest BCUT2D eigenvalue weighted by Crippen LogP contribution is 2.27. The fourth-order valence-electron chi connectivity index (χ4n) is 2.06. The van der Waals surface area contributed by atoms with Crippen LogP contribution in [0, 0.1) is 6.92 Å². The van der Waals surface area contributed by atoms with Gasteiger partial charge in [0.15, 0.2) is 0 Å². The number of nitrogens with zero attached hydrogens (tertiary/aromatic N) is 1. The Bertz CT molecular complexity index is 341. The first kappa shape index (κ1) is 12.4. The predicted octanol–water partition coefficient (Wildman–Crippen LogP) is 3.17. The van der Waals surface area contributed by atoms with Crippen LogP contribution in [0.5, 0.6) is 0 Å². The molecule has 2 heterocycles. The molecule has 1 aliphatic rings. The zero-order chi connectivity index (χ0) is 11.6. The van der Waals surface area contributed by atoms with Gasteiger partial charge in [-0.3, -0.25) is 0 Å². The van der Waals surface area contributed by atoms with E-state index >= 15 is 0 Å². The van der Waals surface area contributed by atoms with Crippen molar-refractivity contribution in [2.75, 3.05) is 11.5 Å². The lowest BCUT2D eigenvalue weighted by Crippen LogP contribution is -2.45. The summed E-state index contributed by atoms with van der Waals surface area (Å²) < 4.78 is 0. The number of hydrogen-bond donors (Lipinski definition) is 1. The molecule has 1 aliphatic heterocycles. The minimum absolute atomic E-state index is 0.0194. The van der Waals surface area contributed by atoms with Crippen molar-refractivity contribution >= 4 is 23.1 Å². The van der Waals surface area contributed by atoms with E-state index in [1.54, 1.807) is 11.3 Å². The van der Waals surface area contributed by atoms with E-state index < -0.39 is 0 Å². The van der Waals surface area contributed by atoms with Gasteiger partial charge in [-0.05, 0) is 45.1 Å². The number of thioether (sulfide) groups is 1. The lowest BCUT2D eigenvalue weighted by Gasteiger charge is -2.32. The first-order chi connectivity index (χ1) is 7.58. The van der Waals surface area contributed by atoms with Crippen molar-refractivity contribution in [2.24, 2.45) is 0 Å². The van der Waals surface area contributed by atoms with Crippen LogP contribution >= 0.6 is 23.1 Å². The molecule has 1 N–H and O–H groups in total. The van der Waals surface area contributed by atoms with Gasteiger partial charge in [-0.15, -0.1) is 11.3 Å². The van der Waals surface area contributed by atoms with E-state index in [9.17, 15) is 0 Å². The monoisotopic (exact) mass is 256 g/mol. The maximum absolute atomic E-state index is 4.60. The molecule has 2 nitrogen and oxygen atoms in total. The molecule has 16 heavy (non-hydrogen) atoms. The molecule has 0 aromatic carbocycles. The first-order valence-electron chi connectivity index (χ1n) is 5.86.